The van der Waals surface area contributed by atoms with Gasteiger partial charge in [0.15, 0.2) is 0 Å². The quantitative estimate of drug-likeness (QED) is 0.509. The highest BCUT2D eigenvalue weighted by Gasteiger charge is 2.21. The molecule has 0 atom stereocenters. The number of phenols is 1. The number of benzene rings is 1. The second kappa shape index (κ2) is 6.98. The van der Waals surface area contributed by atoms with Crippen LogP contribution < -0.4 is 0 Å². The third kappa shape index (κ3) is 5.78. The summed E-state index contributed by atoms with van der Waals surface area (Å²) >= 11 is 0. The summed E-state index contributed by atoms with van der Waals surface area (Å²) in [5.74, 6) is -0.137. The minimum Gasteiger partial charge on any atom is -0.508 e. The summed E-state index contributed by atoms with van der Waals surface area (Å²) in [4.78, 5) is 12.1. The Labute approximate surface area is 120 Å². The van der Waals surface area contributed by atoms with Gasteiger partial charge in [-0.05, 0) is 51.0 Å². The highest BCUT2D eigenvalue weighted by Crippen LogP contribution is 2.17. The largest absolute Gasteiger partial charge is 0.508 e. The molecule has 0 heterocycles. The van der Waals surface area contributed by atoms with Crippen LogP contribution in [-0.4, -0.2) is 23.3 Å². The lowest BCUT2D eigenvalue weighted by Crippen LogP contribution is -2.25. The van der Waals surface area contributed by atoms with E-state index in [0.717, 1.165) is 12.0 Å². The first-order chi connectivity index (χ1) is 9.31. The van der Waals surface area contributed by atoms with Crippen molar-refractivity contribution in [2.45, 2.75) is 39.7 Å². The van der Waals surface area contributed by atoms with Crippen molar-refractivity contribution in [3.8, 4) is 5.75 Å². The number of esters is 1. The molecular formula is C16H22O4. The maximum absolute atomic E-state index is 12.1. The molecule has 0 bridgehead atoms. The number of rotatable bonds is 5. The Bertz CT molecular complexity index is 466. The first-order valence-electron chi connectivity index (χ1n) is 6.68. The van der Waals surface area contributed by atoms with Crippen molar-refractivity contribution in [3.63, 3.8) is 0 Å². The fourth-order valence-electron chi connectivity index (χ4n) is 1.42. The molecule has 1 rings (SSSR count). The molecular weight excluding hydrogens is 256 g/mol. The van der Waals surface area contributed by atoms with E-state index in [1.54, 1.807) is 30.3 Å². The Kier molecular flexibility index (Phi) is 5.62. The lowest BCUT2D eigenvalue weighted by Gasteiger charge is -2.20. The number of ether oxygens (including phenoxy) is 2. The normalized spacial score (nSPS) is 12.1. The predicted molar refractivity (Wildman–Crippen MR) is 78.2 cm³/mol. The van der Waals surface area contributed by atoms with Crippen LogP contribution in [0.25, 0.3) is 6.08 Å². The summed E-state index contributed by atoms with van der Waals surface area (Å²) < 4.78 is 10.8. The van der Waals surface area contributed by atoms with Crippen molar-refractivity contribution in [2.24, 2.45) is 0 Å². The summed E-state index contributed by atoms with van der Waals surface area (Å²) in [5.41, 5.74) is 0.195. The molecule has 0 saturated heterocycles. The van der Waals surface area contributed by atoms with Crippen LogP contribution in [0.3, 0.4) is 0 Å². The molecule has 0 fully saturated rings. The molecule has 1 aromatic carbocycles. The maximum atomic E-state index is 12.1. The van der Waals surface area contributed by atoms with Gasteiger partial charge < -0.3 is 14.6 Å². The molecule has 0 amide bonds. The monoisotopic (exact) mass is 278 g/mol. The van der Waals surface area contributed by atoms with Gasteiger partial charge in [0.2, 0.25) is 5.76 Å². The summed E-state index contributed by atoms with van der Waals surface area (Å²) in [6, 6.07) is 6.51. The van der Waals surface area contributed by atoms with Crippen LogP contribution in [0.4, 0.5) is 0 Å². The molecule has 0 aliphatic heterocycles. The smallest absolute Gasteiger partial charge is 0.374 e. The van der Waals surface area contributed by atoms with Crippen molar-refractivity contribution >= 4 is 12.0 Å². The SMILES string of the molecule is CCCO/C(=C\c1ccc(O)cc1)C(=O)OC(C)(C)C. The predicted octanol–water partition coefficient (Wildman–Crippen LogP) is 3.50. The van der Waals surface area contributed by atoms with Crippen molar-refractivity contribution in [1.82, 2.24) is 0 Å². The number of carbonyl (C=O) groups is 1. The van der Waals surface area contributed by atoms with Crippen LogP contribution in [0.2, 0.25) is 0 Å². The van der Waals surface area contributed by atoms with Gasteiger partial charge in [0.25, 0.3) is 0 Å². The van der Waals surface area contributed by atoms with E-state index >= 15 is 0 Å². The van der Waals surface area contributed by atoms with Gasteiger partial charge in [-0.15, -0.1) is 0 Å². The summed E-state index contributed by atoms with van der Waals surface area (Å²) in [7, 11) is 0. The standard InChI is InChI=1S/C16H22O4/c1-5-10-19-14(15(18)20-16(2,3)4)11-12-6-8-13(17)9-7-12/h6-9,11,17H,5,10H2,1-4H3/b14-11-. The molecule has 1 N–H and O–H groups in total. The zero-order valence-electron chi connectivity index (χ0n) is 12.5. The number of phenolic OH excluding ortho intramolecular Hbond substituents is 1. The van der Waals surface area contributed by atoms with Crippen LogP contribution in [0.1, 0.15) is 39.7 Å². The third-order valence-electron chi connectivity index (χ3n) is 2.25. The zero-order chi connectivity index (χ0) is 15.2. The molecule has 0 aliphatic carbocycles. The van der Waals surface area contributed by atoms with Gasteiger partial charge in [0, 0.05) is 0 Å². The van der Waals surface area contributed by atoms with E-state index in [0.29, 0.717) is 6.61 Å². The fraction of sp³-hybridized carbons (Fsp3) is 0.438. The third-order valence-corrected chi connectivity index (χ3v) is 2.25. The highest BCUT2D eigenvalue weighted by molar-refractivity contribution is 5.91. The molecule has 4 nitrogen and oxygen atoms in total. The van der Waals surface area contributed by atoms with Crippen LogP contribution in [0, 0.1) is 0 Å². The second-order valence-corrected chi connectivity index (χ2v) is 5.45. The first kappa shape index (κ1) is 16.1. The Hall–Kier alpha value is -1.97. The van der Waals surface area contributed by atoms with Gasteiger partial charge in [-0.2, -0.15) is 0 Å². The number of carbonyl (C=O) groups excluding carboxylic acids is 1. The van der Waals surface area contributed by atoms with Gasteiger partial charge in [-0.1, -0.05) is 19.1 Å². The van der Waals surface area contributed by atoms with Crippen LogP contribution in [-0.2, 0) is 14.3 Å². The number of hydrogen-bond donors (Lipinski definition) is 1. The molecule has 0 radical (unpaired) electrons. The summed E-state index contributed by atoms with van der Waals surface area (Å²) in [6.45, 7) is 7.84. The molecule has 0 aliphatic rings. The van der Waals surface area contributed by atoms with E-state index in [9.17, 15) is 9.90 Å². The molecule has 1 aromatic rings. The number of aromatic hydroxyl groups is 1. The van der Waals surface area contributed by atoms with Crippen LogP contribution >= 0.6 is 0 Å². The molecule has 0 spiro atoms. The number of hydrogen-bond acceptors (Lipinski definition) is 4. The van der Waals surface area contributed by atoms with E-state index in [1.165, 1.54) is 0 Å². The van der Waals surface area contributed by atoms with E-state index in [2.05, 4.69) is 0 Å². The zero-order valence-corrected chi connectivity index (χ0v) is 12.5. The maximum Gasteiger partial charge on any atom is 0.374 e. The van der Waals surface area contributed by atoms with E-state index in [4.69, 9.17) is 9.47 Å². The van der Waals surface area contributed by atoms with E-state index < -0.39 is 11.6 Å². The van der Waals surface area contributed by atoms with Crippen molar-refractivity contribution in [1.29, 1.82) is 0 Å². The molecule has 4 heteroatoms. The van der Waals surface area contributed by atoms with Gasteiger partial charge in [0.05, 0.1) is 6.61 Å². The minimum atomic E-state index is -0.569. The Morgan fingerprint density at radius 2 is 1.85 bits per heavy atom. The fourth-order valence-corrected chi connectivity index (χ4v) is 1.42. The van der Waals surface area contributed by atoms with Crippen LogP contribution in [0.5, 0.6) is 5.75 Å². The first-order valence-corrected chi connectivity index (χ1v) is 6.68. The highest BCUT2D eigenvalue weighted by atomic mass is 16.6. The summed E-state index contributed by atoms with van der Waals surface area (Å²) in [5, 5.41) is 9.25. The van der Waals surface area contributed by atoms with Gasteiger partial charge >= 0.3 is 5.97 Å². The van der Waals surface area contributed by atoms with Gasteiger partial charge in [-0.25, -0.2) is 4.79 Å². The Morgan fingerprint density at radius 1 is 1.25 bits per heavy atom. The average Bonchev–Trinajstić information content (AvgIpc) is 2.34. The lowest BCUT2D eigenvalue weighted by molar-refractivity contribution is -0.153. The minimum absolute atomic E-state index is 0.174. The van der Waals surface area contributed by atoms with Crippen molar-refractivity contribution in [2.75, 3.05) is 6.61 Å². The van der Waals surface area contributed by atoms with E-state index in [-0.39, 0.29) is 11.5 Å². The lowest BCUT2D eigenvalue weighted by atomic mass is 10.2. The Morgan fingerprint density at radius 3 is 2.35 bits per heavy atom. The van der Waals surface area contributed by atoms with Crippen LogP contribution in [0.15, 0.2) is 30.0 Å². The van der Waals surface area contributed by atoms with Crippen molar-refractivity contribution < 1.29 is 19.4 Å². The topological polar surface area (TPSA) is 55.8 Å². The molecule has 20 heavy (non-hydrogen) atoms. The van der Waals surface area contributed by atoms with Crippen molar-refractivity contribution in [3.05, 3.63) is 35.6 Å². The molecule has 110 valence electrons. The van der Waals surface area contributed by atoms with Gasteiger partial charge in [0.1, 0.15) is 11.4 Å². The molecule has 0 saturated carbocycles. The van der Waals surface area contributed by atoms with Gasteiger partial charge in [-0.3, -0.25) is 0 Å². The summed E-state index contributed by atoms with van der Waals surface area (Å²) in [6.07, 6.45) is 2.42. The second-order valence-electron chi connectivity index (χ2n) is 5.45. The average molecular weight is 278 g/mol. The molecule has 0 unspecified atom stereocenters. The molecule has 0 aromatic heterocycles. The Balaban J connectivity index is 2.93. The van der Waals surface area contributed by atoms with E-state index in [1.807, 2.05) is 27.7 Å².